The van der Waals surface area contributed by atoms with Crippen molar-refractivity contribution < 1.29 is 19.1 Å². The van der Waals surface area contributed by atoms with Gasteiger partial charge in [0, 0.05) is 5.56 Å². The summed E-state index contributed by atoms with van der Waals surface area (Å²) in [5, 5.41) is 0. The molecule has 4 aliphatic carbocycles. The molecule has 5 aliphatic rings. The second kappa shape index (κ2) is 6.89. The summed E-state index contributed by atoms with van der Waals surface area (Å²) in [7, 11) is 0. The van der Waals surface area contributed by atoms with Gasteiger partial charge in [0.15, 0.2) is 6.10 Å². The summed E-state index contributed by atoms with van der Waals surface area (Å²) in [6.07, 6.45) is 4.87. The molecule has 1 aliphatic heterocycles. The van der Waals surface area contributed by atoms with E-state index >= 15 is 0 Å². The molecule has 7 atom stereocenters. The Hall–Kier alpha value is -3.21. The zero-order chi connectivity index (χ0) is 22.1. The SMILES string of the molecule is Cc1ccc(C(=O)[C@H](C)Oc2ccc(N3C(=O)[C@@H]4[C@H]5C=C[C@@H]([C@@H]6C[C@@H]56)[C@@H]4C3=O)cc2)cc1. The van der Waals surface area contributed by atoms with Crippen LogP contribution in [0.4, 0.5) is 5.69 Å². The molecule has 0 radical (unpaired) electrons. The Labute approximate surface area is 187 Å². The maximum absolute atomic E-state index is 13.2. The van der Waals surface area contributed by atoms with E-state index in [1.807, 2.05) is 19.1 Å². The van der Waals surface area contributed by atoms with Crippen LogP contribution in [0, 0.1) is 42.4 Å². The number of ketones is 1. The minimum absolute atomic E-state index is 0.0683. The highest BCUT2D eigenvalue weighted by molar-refractivity contribution is 6.22. The Bertz CT molecular complexity index is 1110. The van der Waals surface area contributed by atoms with Crippen molar-refractivity contribution in [1.82, 2.24) is 0 Å². The number of anilines is 1. The molecule has 3 fully saturated rings. The summed E-state index contributed by atoms with van der Waals surface area (Å²) >= 11 is 0. The first-order valence-electron chi connectivity index (χ1n) is 11.4. The molecule has 1 heterocycles. The van der Waals surface area contributed by atoms with Crippen molar-refractivity contribution in [3.8, 4) is 5.75 Å². The van der Waals surface area contributed by atoms with Crippen molar-refractivity contribution >= 4 is 23.3 Å². The predicted octanol–water partition coefficient (Wildman–Crippen LogP) is 4.20. The van der Waals surface area contributed by atoms with Crippen LogP contribution in [0.3, 0.4) is 0 Å². The van der Waals surface area contributed by atoms with Gasteiger partial charge >= 0.3 is 0 Å². The third-order valence-corrected chi connectivity index (χ3v) is 7.78. The number of benzene rings is 2. The molecule has 7 rings (SSSR count). The van der Waals surface area contributed by atoms with E-state index in [-0.39, 0.29) is 41.3 Å². The molecule has 2 saturated carbocycles. The second-order valence-corrected chi connectivity index (χ2v) is 9.65. The fraction of sp³-hybridized carbons (Fsp3) is 0.370. The first-order valence-corrected chi connectivity index (χ1v) is 11.4. The number of rotatable bonds is 5. The van der Waals surface area contributed by atoms with Crippen molar-refractivity contribution in [2.24, 2.45) is 35.5 Å². The number of Topliss-reactive ketones (excluding diaryl/α,β-unsaturated/α-hetero) is 1. The Morgan fingerprint density at radius 1 is 0.906 bits per heavy atom. The molecule has 0 spiro atoms. The average molecular weight is 428 g/mol. The van der Waals surface area contributed by atoms with Crippen LogP contribution in [0.1, 0.15) is 29.3 Å². The highest BCUT2D eigenvalue weighted by Crippen LogP contribution is 2.65. The molecule has 0 aromatic heterocycles. The Kier molecular flexibility index (Phi) is 4.19. The molecule has 2 aromatic carbocycles. The topological polar surface area (TPSA) is 63.7 Å². The van der Waals surface area contributed by atoms with Crippen LogP contribution in [0.5, 0.6) is 5.75 Å². The van der Waals surface area contributed by atoms with Crippen LogP contribution >= 0.6 is 0 Å². The van der Waals surface area contributed by atoms with E-state index in [4.69, 9.17) is 4.74 Å². The van der Waals surface area contributed by atoms with Crippen molar-refractivity contribution in [1.29, 1.82) is 0 Å². The zero-order valence-corrected chi connectivity index (χ0v) is 18.1. The van der Waals surface area contributed by atoms with Gasteiger partial charge in [0.25, 0.3) is 0 Å². The van der Waals surface area contributed by atoms with E-state index in [0.717, 1.165) is 12.0 Å². The monoisotopic (exact) mass is 427 g/mol. The highest BCUT2D eigenvalue weighted by atomic mass is 16.5. The van der Waals surface area contributed by atoms with Gasteiger partial charge < -0.3 is 4.74 Å². The Morgan fingerprint density at radius 2 is 1.47 bits per heavy atom. The molecule has 0 N–H and O–H groups in total. The van der Waals surface area contributed by atoms with Gasteiger partial charge in [-0.2, -0.15) is 0 Å². The van der Waals surface area contributed by atoms with E-state index < -0.39 is 6.10 Å². The van der Waals surface area contributed by atoms with E-state index in [1.54, 1.807) is 43.3 Å². The van der Waals surface area contributed by atoms with Crippen LogP contribution in [0.15, 0.2) is 60.7 Å². The molecule has 1 saturated heterocycles. The summed E-state index contributed by atoms with van der Waals surface area (Å²) in [5.74, 6) is 1.50. The molecule has 32 heavy (non-hydrogen) atoms. The fourth-order valence-electron chi connectivity index (χ4n) is 6.10. The summed E-state index contributed by atoms with van der Waals surface area (Å²) < 4.78 is 5.84. The van der Waals surface area contributed by atoms with Gasteiger partial charge in [-0.25, -0.2) is 0 Å². The molecular weight excluding hydrogens is 402 g/mol. The third kappa shape index (κ3) is 2.80. The second-order valence-electron chi connectivity index (χ2n) is 9.65. The molecule has 2 amide bonds. The summed E-state index contributed by atoms with van der Waals surface area (Å²) in [4.78, 5) is 40.5. The lowest BCUT2D eigenvalue weighted by Crippen LogP contribution is -2.40. The van der Waals surface area contributed by atoms with Gasteiger partial charge in [-0.05, 0) is 68.2 Å². The first kappa shape index (κ1) is 19.5. The van der Waals surface area contributed by atoms with Gasteiger partial charge in [-0.3, -0.25) is 19.3 Å². The lowest BCUT2D eigenvalue weighted by atomic mass is 9.63. The summed E-state index contributed by atoms with van der Waals surface area (Å²) in [6, 6.07) is 14.3. The van der Waals surface area contributed by atoms with E-state index in [2.05, 4.69) is 12.2 Å². The van der Waals surface area contributed by atoms with Crippen molar-refractivity contribution in [3.63, 3.8) is 0 Å². The van der Waals surface area contributed by atoms with Crippen LogP contribution in [0.25, 0.3) is 0 Å². The van der Waals surface area contributed by atoms with E-state index in [0.29, 0.717) is 28.8 Å². The number of imide groups is 1. The van der Waals surface area contributed by atoms with Crippen LogP contribution in [0.2, 0.25) is 0 Å². The average Bonchev–Trinajstić information content (AvgIpc) is 3.58. The summed E-state index contributed by atoms with van der Waals surface area (Å²) in [5.41, 5.74) is 2.28. The molecule has 162 valence electrons. The van der Waals surface area contributed by atoms with Gasteiger partial charge in [-0.1, -0.05) is 42.0 Å². The number of carbonyl (C=O) groups excluding carboxylic acids is 3. The number of carbonyl (C=O) groups is 3. The number of hydrogen-bond acceptors (Lipinski definition) is 4. The normalized spacial score (nSPS) is 32.5. The van der Waals surface area contributed by atoms with Crippen molar-refractivity contribution in [2.45, 2.75) is 26.4 Å². The molecule has 2 bridgehead atoms. The number of allylic oxidation sites excluding steroid dienone is 2. The van der Waals surface area contributed by atoms with Crippen molar-refractivity contribution in [3.05, 3.63) is 71.8 Å². The van der Waals surface area contributed by atoms with Gasteiger partial charge in [0.05, 0.1) is 17.5 Å². The largest absolute Gasteiger partial charge is 0.483 e. The fourth-order valence-corrected chi connectivity index (χ4v) is 6.10. The zero-order valence-electron chi connectivity index (χ0n) is 18.1. The lowest BCUT2D eigenvalue weighted by Gasteiger charge is -2.37. The molecule has 5 heteroatoms. The molecule has 2 aromatic rings. The third-order valence-electron chi connectivity index (χ3n) is 7.78. The van der Waals surface area contributed by atoms with Crippen LogP contribution in [-0.4, -0.2) is 23.7 Å². The number of nitrogens with zero attached hydrogens (tertiary/aromatic N) is 1. The van der Waals surface area contributed by atoms with Crippen molar-refractivity contribution in [2.75, 3.05) is 4.90 Å². The predicted molar refractivity (Wildman–Crippen MR) is 119 cm³/mol. The molecule has 0 unspecified atom stereocenters. The smallest absolute Gasteiger partial charge is 0.238 e. The maximum Gasteiger partial charge on any atom is 0.238 e. The van der Waals surface area contributed by atoms with E-state index in [9.17, 15) is 14.4 Å². The number of aryl methyl sites for hydroxylation is 1. The first-order chi connectivity index (χ1) is 15.4. The number of ether oxygens (including phenoxy) is 1. The van der Waals surface area contributed by atoms with Crippen LogP contribution < -0.4 is 9.64 Å². The Balaban J connectivity index is 1.18. The minimum Gasteiger partial charge on any atom is -0.483 e. The standard InChI is InChI=1S/C27H25NO4/c1-14-3-5-16(6-4-14)25(29)15(2)32-18-9-7-17(8-10-18)28-26(30)23-19-11-12-20(22-13-21(19)22)24(23)27(28)31/h3-12,15,19-24H,13H2,1-2H3/t15-,19-,20-,21-,22-,23-,24+/m0/s1. The maximum atomic E-state index is 13.2. The number of amides is 2. The molecule has 5 nitrogen and oxygen atoms in total. The minimum atomic E-state index is -0.644. The highest BCUT2D eigenvalue weighted by Gasteiger charge is 2.67. The van der Waals surface area contributed by atoms with Gasteiger partial charge in [0.1, 0.15) is 5.75 Å². The Morgan fingerprint density at radius 3 is 2.03 bits per heavy atom. The quantitative estimate of drug-likeness (QED) is 0.408. The van der Waals surface area contributed by atoms with Crippen LogP contribution in [-0.2, 0) is 9.59 Å². The van der Waals surface area contributed by atoms with Gasteiger partial charge in [0.2, 0.25) is 17.6 Å². The van der Waals surface area contributed by atoms with E-state index in [1.165, 1.54) is 4.90 Å². The lowest BCUT2D eigenvalue weighted by molar-refractivity contribution is -0.124. The molecular formula is C27H25NO4. The number of hydrogen-bond donors (Lipinski definition) is 0. The summed E-state index contributed by atoms with van der Waals surface area (Å²) in [6.45, 7) is 3.70. The van der Waals surface area contributed by atoms with Gasteiger partial charge in [-0.15, -0.1) is 0 Å².